The van der Waals surface area contributed by atoms with E-state index in [4.69, 9.17) is 9.47 Å². The van der Waals surface area contributed by atoms with Gasteiger partial charge in [-0.25, -0.2) is 4.79 Å². The SMILES string of the molecule is CC/C(=C(/C(=O)O)c1ccc(OCOC)cc1)c1ccc(C)cc1. The molecular formula is C20H22O4. The number of hydrogen-bond donors (Lipinski definition) is 1. The highest BCUT2D eigenvalue weighted by Crippen LogP contribution is 2.30. The monoisotopic (exact) mass is 326 g/mol. The van der Waals surface area contributed by atoms with E-state index in [1.165, 1.54) is 0 Å². The van der Waals surface area contributed by atoms with Crippen molar-refractivity contribution in [1.82, 2.24) is 0 Å². The Morgan fingerprint density at radius 1 is 1.00 bits per heavy atom. The molecule has 0 bridgehead atoms. The average Bonchev–Trinajstić information content (AvgIpc) is 2.59. The first-order chi connectivity index (χ1) is 11.6. The Balaban J connectivity index is 2.46. The van der Waals surface area contributed by atoms with Crippen LogP contribution in [0.1, 0.15) is 30.0 Å². The van der Waals surface area contributed by atoms with Gasteiger partial charge in [-0.2, -0.15) is 0 Å². The Hall–Kier alpha value is -2.59. The molecule has 4 heteroatoms. The lowest BCUT2D eigenvalue weighted by atomic mass is 9.92. The second kappa shape index (κ2) is 8.31. The van der Waals surface area contributed by atoms with Crippen molar-refractivity contribution in [2.24, 2.45) is 0 Å². The maximum Gasteiger partial charge on any atom is 0.336 e. The van der Waals surface area contributed by atoms with Gasteiger partial charge in [-0.05, 0) is 42.2 Å². The zero-order chi connectivity index (χ0) is 17.5. The van der Waals surface area contributed by atoms with E-state index in [0.29, 0.717) is 23.3 Å². The first-order valence-electron chi connectivity index (χ1n) is 7.82. The molecule has 0 aliphatic rings. The van der Waals surface area contributed by atoms with Crippen molar-refractivity contribution in [3.8, 4) is 5.75 Å². The summed E-state index contributed by atoms with van der Waals surface area (Å²) in [5.41, 5.74) is 3.86. The van der Waals surface area contributed by atoms with E-state index in [0.717, 1.165) is 16.7 Å². The highest BCUT2D eigenvalue weighted by Gasteiger charge is 2.17. The highest BCUT2D eigenvalue weighted by atomic mass is 16.7. The van der Waals surface area contributed by atoms with E-state index in [1.807, 2.05) is 38.1 Å². The molecule has 0 atom stereocenters. The number of benzene rings is 2. The van der Waals surface area contributed by atoms with Gasteiger partial charge in [0.2, 0.25) is 0 Å². The van der Waals surface area contributed by atoms with Gasteiger partial charge in [-0.1, -0.05) is 48.9 Å². The van der Waals surface area contributed by atoms with Gasteiger partial charge in [-0.15, -0.1) is 0 Å². The van der Waals surface area contributed by atoms with Gasteiger partial charge in [0.05, 0.1) is 5.57 Å². The third-order valence-corrected chi connectivity index (χ3v) is 3.76. The predicted molar refractivity (Wildman–Crippen MR) is 94.9 cm³/mol. The number of ether oxygens (including phenoxy) is 2. The molecular weight excluding hydrogens is 304 g/mol. The molecule has 4 nitrogen and oxygen atoms in total. The van der Waals surface area contributed by atoms with E-state index < -0.39 is 5.97 Å². The standard InChI is InChI=1S/C20H22O4/c1-4-18(15-7-5-14(2)6-8-15)19(20(21)22)16-9-11-17(12-10-16)24-13-23-3/h5-12H,4,13H2,1-3H3,(H,21,22)/b19-18-. The second-order valence-electron chi connectivity index (χ2n) is 5.45. The minimum atomic E-state index is -0.932. The largest absolute Gasteiger partial charge is 0.478 e. The topological polar surface area (TPSA) is 55.8 Å². The third kappa shape index (κ3) is 4.24. The Kier molecular flexibility index (Phi) is 6.15. The van der Waals surface area contributed by atoms with Crippen LogP contribution in [0.2, 0.25) is 0 Å². The fourth-order valence-corrected chi connectivity index (χ4v) is 2.55. The summed E-state index contributed by atoms with van der Waals surface area (Å²) in [6.07, 6.45) is 0.632. The van der Waals surface area contributed by atoms with E-state index >= 15 is 0 Å². The number of carboxylic acids is 1. The van der Waals surface area contributed by atoms with Crippen molar-refractivity contribution in [3.63, 3.8) is 0 Å². The molecule has 0 aliphatic carbocycles. The van der Waals surface area contributed by atoms with Gasteiger partial charge < -0.3 is 14.6 Å². The van der Waals surface area contributed by atoms with Crippen molar-refractivity contribution < 1.29 is 19.4 Å². The molecule has 0 saturated heterocycles. The molecule has 0 spiro atoms. The fraction of sp³-hybridized carbons (Fsp3) is 0.250. The number of carbonyl (C=O) groups is 1. The van der Waals surface area contributed by atoms with Gasteiger partial charge in [0.1, 0.15) is 5.75 Å². The number of aryl methyl sites for hydroxylation is 1. The van der Waals surface area contributed by atoms with Gasteiger partial charge in [0, 0.05) is 7.11 Å². The molecule has 0 aliphatic heterocycles. The molecule has 0 radical (unpaired) electrons. The Bertz CT molecular complexity index is 712. The predicted octanol–water partition coefficient (Wildman–Crippen LogP) is 4.38. The van der Waals surface area contributed by atoms with E-state index in [-0.39, 0.29) is 6.79 Å². The molecule has 126 valence electrons. The lowest BCUT2D eigenvalue weighted by Gasteiger charge is -2.13. The summed E-state index contributed by atoms with van der Waals surface area (Å²) in [6.45, 7) is 4.13. The van der Waals surface area contributed by atoms with Crippen molar-refractivity contribution in [2.45, 2.75) is 20.3 Å². The molecule has 0 saturated carbocycles. The van der Waals surface area contributed by atoms with Crippen LogP contribution < -0.4 is 4.74 Å². The molecule has 0 unspecified atom stereocenters. The van der Waals surface area contributed by atoms with Crippen LogP contribution in [0.5, 0.6) is 5.75 Å². The van der Waals surface area contributed by atoms with Gasteiger partial charge in [0.25, 0.3) is 0 Å². The number of aliphatic carboxylic acids is 1. The molecule has 2 aromatic carbocycles. The lowest BCUT2D eigenvalue weighted by molar-refractivity contribution is -0.130. The quantitative estimate of drug-likeness (QED) is 0.466. The average molecular weight is 326 g/mol. The maximum absolute atomic E-state index is 11.9. The Labute approximate surface area is 142 Å². The van der Waals surface area contributed by atoms with Crippen LogP contribution in [0.15, 0.2) is 48.5 Å². The van der Waals surface area contributed by atoms with Crippen LogP contribution in [0.4, 0.5) is 0 Å². The van der Waals surface area contributed by atoms with Crippen LogP contribution in [0.3, 0.4) is 0 Å². The van der Waals surface area contributed by atoms with Crippen LogP contribution in [0, 0.1) is 6.92 Å². The first kappa shape index (κ1) is 17.8. The van der Waals surface area contributed by atoms with E-state index in [1.54, 1.807) is 31.4 Å². The Morgan fingerprint density at radius 2 is 1.58 bits per heavy atom. The normalized spacial score (nSPS) is 11.8. The molecule has 1 N–H and O–H groups in total. The number of rotatable bonds is 7. The van der Waals surface area contributed by atoms with Crippen molar-refractivity contribution >= 4 is 17.1 Å². The minimum Gasteiger partial charge on any atom is -0.478 e. The highest BCUT2D eigenvalue weighted by molar-refractivity contribution is 6.23. The number of allylic oxidation sites excluding steroid dienone is 1. The van der Waals surface area contributed by atoms with E-state index in [9.17, 15) is 9.90 Å². The molecule has 0 fully saturated rings. The molecule has 2 aromatic rings. The first-order valence-corrected chi connectivity index (χ1v) is 7.82. The molecule has 24 heavy (non-hydrogen) atoms. The second-order valence-corrected chi connectivity index (χ2v) is 5.45. The number of carboxylic acid groups (broad SMARTS) is 1. The third-order valence-electron chi connectivity index (χ3n) is 3.76. The Morgan fingerprint density at radius 3 is 2.08 bits per heavy atom. The van der Waals surface area contributed by atoms with E-state index in [2.05, 4.69) is 0 Å². The number of hydrogen-bond acceptors (Lipinski definition) is 3. The molecule has 0 aromatic heterocycles. The summed E-state index contributed by atoms with van der Waals surface area (Å²) in [4.78, 5) is 11.9. The smallest absolute Gasteiger partial charge is 0.336 e. The van der Waals surface area contributed by atoms with Crippen molar-refractivity contribution in [1.29, 1.82) is 0 Å². The zero-order valence-corrected chi connectivity index (χ0v) is 14.2. The number of methoxy groups -OCH3 is 1. The van der Waals surface area contributed by atoms with Crippen LogP contribution in [0.25, 0.3) is 11.1 Å². The maximum atomic E-state index is 11.9. The summed E-state index contributed by atoms with van der Waals surface area (Å²) in [5, 5.41) is 9.75. The van der Waals surface area contributed by atoms with Crippen LogP contribution >= 0.6 is 0 Å². The van der Waals surface area contributed by atoms with Gasteiger partial charge in [-0.3, -0.25) is 0 Å². The summed E-state index contributed by atoms with van der Waals surface area (Å²) in [7, 11) is 1.55. The summed E-state index contributed by atoms with van der Waals surface area (Å²) in [5.74, 6) is -0.295. The molecule has 2 rings (SSSR count). The molecule has 0 heterocycles. The summed E-state index contributed by atoms with van der Waals surface area (Å²) in [6, 6.07) is 14.9. The zero-order valence-electron chi connectivity index (χ0n) is 14.2. The summed E-state index contributed by atoms with van der Waals surface area (Å²) >= 11 is 0. The van der Waals surface area contributed by atoms with Gasteiger partial charge in [0.15, 0.2) is 6.79 Å². The van der Waals surface area contributed by atoms with Crippen LogP contribution in [-0.2, 0) is 9.53 Å². The van der Waals surface area contributed by atoms with Crippen molar-refractivity contribution in [2.75, 3.05) is 13.9 Å². The fourth-order valence-electron chi connectivity index (χ4n) is 2.55. The minimum absolute atomic E-state index is 0.157. The van der Waals surface area contributed by atoms with Crippen molar-refractivity contribution in [3.05, 3.63) is 65.2 Å². The molecule has 0 amide bonds. The lowest BCUT2D eigenvalue weighted by Crippen LogP contribution is -2.04. The van der Waals surface area contributed by atoms with Gasteiger partial charge >= 0.3 is 5.97 Å². The summed E-state index contributed by atoms with van der Waals surface area (Å²) < 4.78 is 10.2. The van der Waals surface area contributed by atoms with Crippen LogP contribution in [-0.4, -0.2) is 25.0 Å².